The van der Waals surface area contributed by atoms with Gasteiger partial charge in [0.15, 0.2) is 0 Å². The first-order valence-corrected chi connectivity index (χ1v) is 9.47. The second kappa shape index (κ2) is 8.40. The van der Waals surface area contributed by atoms with E-state index >= 15 is 0 Å². The molecular formula is C18H24N4O2S. The van der Waals surface area contributed by atoms with Crippen molar-refractivity contribution in [3.63, 3.8) is 0 Å². The van der Waals surface area contributed by atoms with Gasteiger partial charge in [0.25, 0.3) is 5.91 Å². The van der Waals surface area contributed by atoms with Crippen molar-refractivity contribution in [3.8, 4) is 5.75 Å². The van der Waals surface area contributed by atoms with E-state index in [0.29, 0.717) is 17.8 Å². The van der Waals surface area contributed by atoms with Gasteiger partial charge in [0.2, 0.25) is 0 Å². The highest BCUT2D eigenvalue weighted by Crippen LogP contribution is 2.26. The van der Waals surface area contributed by atoms with Crippen molar-refractivity contribution in [2.45, 2.75) is 32.2 Å². The average Bonchev–Trinajstić information content (AvgIpc) is 3.34. The largest absolute Gasteiger partial charge is 0.497 e. The molecule has 1 aliphatic heterocycles. The maximum Gasteiger partial charge on any atom is 0.265 e. The zero-order valence-corrected chi connectivity index (χ0v) is 15.5. The number of rotatable bonds is 7. The third kappa shape index (κ3) is 4.16. The Morgan fingerprint density at radius 1 is 1.32 bits per heavy atom. The van der Waals surface area contributed by atoms with Gasteiger partial charge in [0, 0.05) is 6.54 Å². The number of amides is 1. The summed E-state index contributed by atoms with van der Waals surface area (Å²) in [5.41, 5.74) is 1.96. The SMILES string of the molecule is CCc1nnsc1C(=O)NC[C@@H](c1ccc(OC)cc1)N1CCCC1. The standard InChI is InChI=1S/C18H24N4O2S/c1-3-15-17(25-21-20-15)18(23)19-12-16(22-10-4-5-11-22)13-6-8-14(24-2)9-7-13/h6-9,16H,3-5,10-12H2,1-2H3,(H,19,23)/t16-/m0/s1. The Hall–Kier alpha value is -1.99. The number of aryl methyl sites for hydroxylation is 1. The molecule has 25 heavy (non-hydrogen) atoms. The van der Waals surface area contributed by atoms with Crippen molar-refractivity contribution in [1.29, 1.82) is 0 Å². The summed E-state index contributed by atoms with van der Waals surface area (Å²) in [4.78, 5) is 15.6. The molecule has 0 unspecified atom stereocenters. The fourth-order valence-electron chi connectivity index (χ4n) is 3.22. The van der Waals surface area contributed by atoms with E-state index in [-0.39, 0.29) is 11.9 Å². The van der Waals surface area contributed by atoms with Crippen LogP contribution in [-0.4, -0.2) is 47.1 Å². The van der Waals surface area contributed by atoms with Crippen molar-refractivity contribution in [1.82, 2.24) is 19.8 Å². The number of likely N-dealkylation sites (tertiary alicyclic amines) is 1. The quantitative estimate of drug-likeness (QED) is 0.822. The molecule has 1 saturated heterocycles. The average molecular weight is 360 g/mol. The van der Waals surface area contributed by atoms with E-state index in [4.69, 9.17) is 4.74 Å². The van der Waals surface area contributed by atoms with Crippen LogP contribution in [0.2, 0.25) is 0 Å². The van der Waals surface area contributed by atoms with E-state index in [2.05, 4.69) is 31.9 Å². The molecule has 1 aromatic heterocycles. The van der Waals surface area contributed by atoms with E-state index in [1.54, 1.807) is 7.11 Å². The highest BCUT2D eigenvalue weighted by Gasteiger charge is 2.25. The maximum atomic E-state index is 12.5. The van der Waals surface area contributed by atoms with Gasteiger partial charge in [-0.15, -0.1) is 5.10 Å². The molecule has 1 aromatic carbocycles. The highest BCUT2D eigenvalue weighted by molar-refractivity contribution is 7.08. The predicted molar refractivity (Wildman–Crippen MR) is 98.2 cm³/mol. The van der Waals surface area contributed by atoms with Gasteiger partial charge < -0.3 is 10.1 Å². The van der Waals surface area contributed by atoms with Gasteiger partial charge >= 0.3 is 0 Å². The predicted octanol–water partition coefficient (Wildman–Crippen LogP) is 2.68. The van der Waals surface area contributed by atoms with Crippen LogP contribution in [0.4, 0.5) is 0 Å². The summed E-state index contributed by atoms with van der Waals surface area (Å²) >= 11 is 1.16. The van der Waals surface area contributed by atoms with Crippen molar-refractivity contribution < 1.29 is 9.53 Å². The summed E-state index contributed by atoms with van der Waals surface area (Å²) < 4.78 is 9.15. The zero-order valence-electron chi connectivity index (χ0n) is 14.7. The number of hydrogen-bond donors (Lipinski definition) is 1. The molecular weight excluding hydrogens is 336 g/mol. The van der Waals surface area contributed by atoms with Crippen LogP contribution in [0.25, 0.3) is 0 Å². The third-order valence-corrected chi connectivity index (χ3v) is 5.40. The summed E-state index contributed by atoms with van der Waals surface area (Å²) in [6.45, 7) is 4.69. The van der Waals surface area contributed by atoms with Crippen LogP contribution < -0.4 is 10.1 Å². The molecule has 2 aromatic rings. The summed E-state index contributed by atoms with van der Waals surface area (Å²) in [5.74, 6) is 0.765. The Bertz CT molecular complexity index is 695. The summed E-state index contributed by atoms with van der Waals surface area (Å²) in [7, 11) is 1.67. The summed E-state index contributed by atoms with van der Waals surface area (Å²) in [6.07, 6.45) is 3.13. The van der Waals surface area contributed by atoms with Crippen LogP contribution >= 0.6 is 11.5 Å². The van der Waals surface area contributed by atoms with Crippen LogP contribution in [0.15, 0.2) is 24.3 Å². The molecule has 0 spiro atoms. The maximum absolute atomic E-state index is 12.5. The van der Waals surface area contributed by atoms with Crippen LogP contribution in [0.5, 0.6) is 5.75 Å². The normalized spacial score (nSPS) is 15.9. The van der Waals surface area contributed by atoms with E-state index in [1.807, 2.05) is 19.1 Å². The number of carbonyl (C=O) groups excluding carboxylic acids is 1. The monoisotopic (exact) mass is 360 g/mol. The molecule has 3 rings (SSSR count). The molecule has 134 valence electrons. The molecule has 6 nitrogen and oxygen atoms in total. The van der Waals surface area contributed by atoms with E-state index in [1.165, 1.54) is 18.4 Å². The fourth-order valence-corrected chi connectivity index (χ4v) is 3.89. The van der Waals surface area contributed by atoms with E-state index in [9.17, 15) is 4.79 Å². The second-order valence-corrected chi connectivity index (χ2v) is 6.90. The Kier molecular flexibility index (Phi) is 5.99. The first kappa shape index (κ1) is 17.8. The minimum absolute atomic E-state index is 0.0791. The molecule has 1 N–H and O–H groups in total. The lowest BCUT2D eigenvalue weighted by Crippen LogP contribution is -2.36. The number of carbonyl (C=O) groups is 1. The number of hydrogen-bond acceptors (Lipinski definition) is 6. The summed E-state index contributed by atoms with van der Waals surface area (Å²) in [6, 6.07) is 8.29. The van der Waals surface area contributed by atoms with Crippen LogP contribution in [-0.2, 0) is 6.42 Å². The first-order chi connectivity index (χ1) is 12.2. The topological polar surface area (TPSA) is 67.3 Å². The lowest BCUT2D eigenvalue weighted by Gasteiger charge is -2.28. The van der Waals surface area contributed by atoms with Crippen LogP contribution in [0, 0.1) is 0 Å². The Morgan fingerprint density at radius 3 is 2.68 bits per heavy atom. The molecule has 0 saturated carbocycles. The molecule has 7 heteroatoms. The van der Waals surface area contributed by atoms with Crippen molar-refractivity contribution in [2.75, 3.05) is 26.7 Å². The van der Waals surface area contributed by atoms with Gasteiger partial charge in [-0.2, -0.15) is 0 Å². The number of nitrogens with zero attached hydrogens (tertiary/aromatic N) is 3. The van der Waals surface area contributed by atoms with Gasteiger partial charge in [0.1, 0.15) is 10.6 Å². The van der Waals surface area contributed by atoms with Crippen LogP contribution in [0.1, 0.15) is 46.7 Å². The molecule has 1 atom stereocenters. The Balaban J connectivity index is 1.72. The Morgan fingerprint density at radius 2 is 2.04 bits per heavy atom. The summed E-state index contributed by atoms with van der Waals surface area (Å²) in [5, 5.41) is 7.10. The minimum atomic E-state index is -0.0791. The van der Waals surface area contributed by atoms with E-state index in [0.717, 1.165) is 36.1 Å². The van der Waals surface area contributed by atoms with Crippen molar-refractivity contribution >= 4 is 17.4 Å². The van der Waals surface area contributed by atoms with Gasteiger partial charge in [0.05, 0.1) is 18.8 Å². The first-order valence-electron chi connectivity index (χ1n) is 8.70. The fraction of sp³-hybridized carbons (Fsp3) is 0.500. The molecule has 1 aliphatic rings. The van der Waals surface area contributed by atoms with Gasteiger partial charge in [-0.25, -0.2) is 0 Å². The van der Waals surface area contributed by atoms with Crippen molar-refractivity contribution in [2.24, 2.45) is 0 Å². The molecule has 0 radical (unpaired) electrons. The minimum Gasteiger partial charge on any atom is -0.497 e. The van der Waals surface area contributed by atoms with E-state index < -0.39 is 0 Å². The number of ether oxygens (including phenoxy) is 1. The molecule has 2 heterocycles. The lowest BCUT2D eigenvalue weighted by atomic mass is 10.1. The molecule has 0 aliphatic carbocycles. The zero-order chi connectivity index (χ0) is 17.6. The van der Waals surface area contributed by atoms with Crippen LogP contribution in [0.3, 0.4) is 0 Å². The Labute approximate surface area is 152 Å². The second-order valence-electron chi connectivity index (χ2n) is 6.14. The lowest BCUT2D eigenvalue weighted by molar-refractivity contribution is 0.0941. The number of aromatic nitrogens is 2. The third-order valence-electron chi connectivity index (χ3n) is 4.63. The number of nitrogens with one attached hydrogen (secondary N) is 1. The van der Waals surface area contributed by atoms with Gasteiger partial charge in [-0.1, -0.05) is 23.5 Å². The van der Waals surface area contributed by atoms with Crippen molar-refractivity contribution in [3.05, 3.63) is 40.4 Å². The molecule has 1 amide bonds. The van der Waals surface area contributed by atoms with Gasteiger partial charge in [-0.05, 0) is 61.6 Å². The highest BCUT2D eigenvalue weighted by atomic mass is 32.1. The molecule has 1 fully saturated rings. The number of benzene rings is 1. The van der Waals surface area contributed by atoms with Gasteiger partial charge in [-0.3, -0.25) is 9.69 Å². The smallest absolute Gasteiger partial charge is 0.265 e. The number of methoxy groups -OCH3 is 1. The molecule has 0 bridgehead atoms.